The molecule has 6 rings (SSSR count). The SMILES string of the molecule is COc1cnccc1-c1cn2ncc(C(=O)Nc3cc(NC(=O)CN4C[C@H]5CC[C@@H]4C5)cnc3C)c2cn1. The smallest absolute Gasteiger partial charge is 0.259 e. The van der Waals surface area contributed by atoms with E-state index in [-0.39, 0.29) is 11.8 Å². The Morgan fingerprint density at radius 3 is 2.82 bits per heavy atom. The maximum absolute atomic E-state index is 13.2. The quantitative estimate of drug-likeness (QED) is 0.387. The topological polar surface area (TPSA) is 127 Å². The first-order chi connectivity index (χ1) is 18.5. The Hall–Kier alpha value is -4.38. The first-order valence-corrected chi connectivity index (χ1v) is 12.6. The maximum atomic E-state index is 13.2. The van der Waals surface area contributed by atoms with Gasteiger partial charge in [-0.05, 0) is 44.2 Å². The molecule has 194 valence electrons. The van der Waals surface area contributed by atoms with Gasteiger partial charge in [0.1, 0.15) is 5.75 Å². The van der Waals surface area contributed by atoms with Crippen LogP contribution in [0, 0.1) is 12.8 Å². The van der Waals surface area contributed by atoms with Crippen molar-refractivity contribution in [1.82, 2.24) is 29.5 Å². The molecule has 2 aliphatic rings. The summed E-state index contributed by atoms with van der Waals surface area (Å²) < 4.78 is 6.98. The highest BCUT2D eigenvalue weighted by molar-refractivity contribution is 6.09. The predicted molar refractivity (Wildman–Crippen MR) is 141 cm³/mol. The van der Waals surface area contributed by atoms with E-state index in [4.69, 9.17) is 4.74 Å². The van der Waals surface area contributed by atoms with Crippen LogP contribution < -0.4 is 15.4 Å². The van der Waals surface area contributed by atoms with Crippen LogP contribution in [-0.4, -0.2) is 67.5 Å². The lowest BCUT2D eigenvalue weighted by atomic mass is 10.1. The zero-order chi connectivity index (χ0) is 26.2. The average molecular weight is 513 g/mol. The summed E-state index contributed by atoms with van der Waals surface area (Å²) in [6.07, 6.45) is 13.4. The number of pyridine rings is 2. The Bertz CT molecular complexity index is 1530. The molecule has 5 heterocycles. The van der Waals surface area contributed by atoms with Crippen LogP contribution in [0.15, 0.2) is 49.3 Å². The van der Waals surface area contributed by atoms with Gasteiger partial charge in [0.15, 0.2) is 0 Å². The third kappa shape index (κ3) is 4.56. The van der Waals surface area contributed by atoms with Crippen molar-refractivity contribution in [2.45, 2.75) is 32.2 Å². The summed E-state index contributed by atoms with van der Waals surface area (Å²) in [5, 5.41) is 10.2. The van der Waals surface area contributed by atoms with Crippen LogP contribution in [0.1, 0.15) is 35.3 Å². The van der Waals surface area contributed by atoms with Gasteiger partial charge in [0.2, 0.25) is 5.91 Å². The van der Waals surface area contributed by atoms with Crippen molar-refractivity contribution in [2.75, 3.05) is 30.8 Å². The Morgan fingerprint density at radius 1 is 1.13 bits per heavy atom. The molecule has 1 aliphatic carbocycles. The molecule has 2 bridgehead atoms. The van der Waals surface area contributed by atoms with Crippen molar-refractivity contribution >= 4 is 28.7 Å². The van der Waals surface area contributed by atoms with Gasteiger partial charge in [-0.15, -0.1) is 0 Å². The Labute approximate surface area is 219 Å². The van der Waals surface area contributed by atoms with Crippen LogP contribution in [0.2, 0.25) is 0 Å². The minimum atomic E-state index is -0.350. The molecule has 2 atom stereocenters. The molecule has 11 nitrogen and oxygen atoms in total. The number of anilines is 2. The highest BCUT2D eigenvalue weighted by atomic mass is 16.5. The van der Waals surface area contributed by atoms with Crippen molar-refractivity contribution in [3.8, 4) is 17.0 Å². The minimum absolute atomic E-state index is 0.0733. The van der Waals surface area contributed by atoms with E-state index in [0.717, 1.165) is 18.0 Å². The molecule has 1 saturated heterocycles. The molecule has 1 aliphatic heterocycles. The second-order valence-corrected chi connectivity index (χ2v) is 9.86. The van der Waals surface area contributed by atoms with E-state index in [1.165, 1.54) is 25.5 Å². The summed E-state index contributed by atoms with van der Waals surface area (Å²) in [5.74, 6) is 0.899. The van der Waals surface area contributed by atoms with Crippen LogP contribution in [0.25, 0.3) is 16.8 Å². The van der Waals surface area contributed by atoms with Crippen molar-refractivity contribution < 1.29 is 14.3 Å². The standard InChI is InChI=1S/C27H28N8O3/c1-16-22(8-18(9-29-16)32-26(36)15-34-13-17-3-4-19(34)7-17)33-27(37)21-10-31-35-14-23(30-11-24(21)35)20-5-6-28-12-25(20)38-2/h5-6,8-12,14,17,19H,3-4,7,13,15H2,1-2H3,(H,32,36)(H,33,37)/t17-,19+/m0/s1. The minimum Gasteiger partial charge on any atom is -0.494 e. The molecule has 2 fully saturated rings. The average Bonchev–Trinajstić information content (AvgIpc) is 3.66. The zero-order valence-electron chi connectivity index (χ0n) is 21.2. The molecule has 2 N–H and O–H groups in total. The lowest BCUT2D eigenvalue weighted by Gasteiger charge is -2.25. The molecule has 0 spiro atoms. The van der Waals surface area contributed by atoms with E-state index in [0.29, 0.717) is 52.2 Å². The lowest BCUT2D eigenvalue weighted by Crippen LogP contribution is -2.38. The van der Waals surface area contributed by atoms with Crippen LogP contribution in [0.5, 0.6) is 5.75 Å². The number of amides is 2. The van der Waals surface area contributed by atoms with Gasteiger partial charge in [-0.1, -0.05) is 0 Å². The fourth-order valence-corrected chi connectivity index (χ4v) is 5.47. The van der Waals surface area contributed by atoms with E-state index in [9.17, 15) is 9.59 Å². The second-order valence-electron chi connectivity index (χ2n) is 9.86. The number of aromatic nitrogens is 5. The number of ether oxygens (including phenoxy) is 1. The van der Waals surface area contributed by atoms with Gasteiger partial charge < -0.3 is 15.4 Å². The number of carbonyl (C=O) groups is 2. The Kier molecular flexibility index (Phi) is 6.20. The van der Waals surface area contributed by atoms with E-state index in [1.807, 2.05) is 0 Å². The first kappa shape index (κ1) is 24.0. The van der Waals surface area contributed by atoms with Crippen molar-refractivity contribution in [3.05, 3.63) is 60.6 Å². The van der Waals surface area contributed by atoms with Crippen molar-refractivity contribution in [2.24, 2.45) is 5.92 Å². The number of hydrogen-bond acceptors (Lipinski definition) is 8. The van der Waals surface area contributed by atoms with Crippen molar-refractivity contribution in [1.29, 1.82) is 0 Å². The van der Waals surface area contributed by atoms with E-state index < -0.39 is 0 Å². The van der Waals surface area contributed by atoms with E-state index in [2.05, 4.69) is 35.6 Å². The van der Waals surface area contributed by atoms with Gasteiger partial charge in [-0.2, -0.15) is 5.10 Å². The number of fused-ring (bicyclic) bond motifs is 3. The number of likely N-dealkylation sites (tertiary alicyclic amines) is 1. The number of hydrogen-bond donors (Lipinski definition) is 2. The molecule has 0 unspecified atom stereocenters. The first-order valence-electron chi connectivity index (χ1n) is 12.6. The second kappa shape index (κ2) is 9.82. The molecular formula is C27H28N8O3. The van der Waals surface area contributed by atoms with Gasteiger partial charge in [0, 0.05) is 24.3 Å². The summed E-state index contributed by atoms with van der Waals surface area (Å²) in [6, 6.07) is 4.06. The number of aryl methyl sites for hydroxylation is 1. The summed E-state index contributed by atoms with van der Waals surface area (Å²) in [5.41, 5.74) is 4.00. The summed E-state index contributed by atoms with van der Waals surface area (Å²) in [6.45, 7) is 3.17. The molecule has 4 aromatic rings. The van der Waals surface area contributed by atoms with Crippen LogP contribution in [0.4, 0.5) is 11.4 Å². The van der Waals surface area contributed by atoms with Gasteiger partial charge in [-0.3, -0.25) is 29.4 Å². The number of nitrogens with zero attached hydrogens (tertiary/aromatic N) is 6. The molecule has 11 heteroatoms. The lowest BCUT2D eigenvalue weighted by molar-refractivity contribution is -0.117. The van der Waals surface area contributed by atoms with Gasteiger partial charge in [0.05, 0.1) is 78.5 Å². The number of rotatable bonds is 7. The number of methoxy groups -OCH3 is 1. The summed E-state index contributed by atoms with van der Waals surface area (Å²) >= 11 is 0. The molecule has 38 heavy (non-hydrogen) atoms. The highest BCUT2D eigenvalue weighted by Gasteiger charge is 2.38. The molecule has 2 amide bonds. The fourth-order valence-electron chi connectivity index (χ4n) is 5.47. The molecule has 0 aromatic carbocycles. The van der Waals surface area contributed by atoms with Crippen LogP contribution >= 0.6 is 0 Å². The largest absolute Gasteiger partial charge is 0.494 e. The number of piperidine rings is 1. The van der Waals surface area contributed by atoms with Crippen molar-refractivity contribution in [3.63, 3.8) is 0 Å². The van der Waals surface area contributed by atoms with Gasteiger partial charge in [0.25, 0.3) is 5.91 Å². The molecule has 1 saturated carbocycles. The molecule has 4 aromatic heterocycles. The monoisotopic (exact) mass is 512 g/mol. The van der Waals surface area contributed by atoms with Gasteiger partial charge in [-0.25, -0.2) is 4.52 Å². The normalized spacial score (nSPS) is 18.6. The Balaban J connectivity index is 1.17. The molecular weight excluding hydrogens is 484 g/mol. The fraction of sp³-hybridized carbons (Fsp3) is 0.333. The number of carbonyl (C=O) groups excluding carboxylic acids is 2. The highest BCUT2D eigenvalue weighted by Crippen LogP contribution is 2.37. The summed E-state index contributed by atoms with van der Waals surface area (Å²) in [4.78, 5) is 41.1. The molecule has 0 radical (unpaired) electrons. The van der Waals surface area contributed by atoms with Crippen LogP contribution in [-0.2, 0) is 4.79 Å². The van der Waals surface area contributed by atoms with Crippen LogP contribution in [0.3, 0.4) is 0 Å². The predicted octanol–water partition coefficient (Wildman–Crippen LogP) is 3.18. The zero-order valence-corrected chi connectivity index (χ0v) is 21.2. The van der Waals surface area contributed by atoms with E-state index >= 15 is 0 Å². The number of nitrogens with one attached hydrogen (secondary N) is 2. The Morgan fingerprint density at radius 2 is 2.03 bits per heavy atom. The third-order valence-electron chi connectivity index (χ3n) is 7.42. The third-order valence-corrected chi connectivity index (χ3v) is 7.42. The summed E-state index contributed by atoms with van der Waals surface area (Å²) in [7, 11) is 1.57. The van der Waals surface area contributed by atoms with Gasteiger partial charge >= 0.3 is 0 Å². The van der Waals surface area contributed by atoms with E-state index in [1.54, 1.807) is 61.7 Å². The maximum Gasteiger partial charge on any atom is 0.259 e.